The lowest BCUT2D eigenvalue weighted by atomic mass is 10.0. The number of benzene rings is 1. The molecule has 0 saturated heterocycles. The molecule has 0 fully saturated rings. The van der Waals surface area contributed by atoms with Crippen LogP contribution in [-0.2, 0) is 6.42 Å². The van der Waals surface area contributed by atoms with E-state index in [-0.39, 0.29) is 0 Å². The number of hydrogen-bond acceptors (Lipinski definition) is 1. The van der Waals surface area contributed by atoms with Gasteiger partial charge in [0.05, 0.1) is 12.5 Å². The van der Waals surface area contributed by atoms with E-state index in [4.69, 9.17) is 5.26 Å². The van der Waals surface area contributed by atoms with E-state index in [1.54, 1.807) is 6.42 Å². The predicted molar refractivity (Wildman–Crippen MR) is 86.2 cm³/mol. The van der Waals surface area contributed by atoms with Crippen molar-refractivity contribution in [1.82, 2.24) is 0 Å². The first-order valence-electron chi connectivity index (χ1n) is 8.18. The Hall–Kier alpha value is -1.29. The number of rotatable bonds is 12. The minimum atomic E-state index is 0.968. The van der Waals surface area contributed by atoms with E-state index in [2.05, 4.69) is 36.4 Å². The van der Waals surface area contributed by atoms with Crippen LogP contribution < -0.4 is 0 Å². The molecule has 0 saturated carbocycles. The van der Waals surface area contributed by atoms with E-state index < -0.39 is 0 Å². The van der Waals surface area contributed by atoms with E-state index in [1.807, 2.05) is 0 Å². The van der Waals surface area contributed by atoms with Crippen molar-refractivity contribution in [2.75, 3.05) is 0 Å². The van der Waals surface area contributed by atoms with Crippen molar-refractivity contribution in [1.29, 1.82) is 5.26 Å². The minimum Gasteiger partial charge on any atom is -0.198 e. The molecule has 1 heteroatoms. The Morgan fingerprint density at radius 3 is 1.90 bits per heavy atom. The lowest BCUT2D eigenvalue weighted by molar-refractivity contribution is 0.558. The zero-order valence-electron chi connectivity index (χ0n) is 12.7. The van der Waals surface area contributed by atoms with Gasteiger partial charge in [-0.05, 0) is 24.8 Å². The highest BCUT2D eigenvalue weighted by Gasteiger charge is 1.94. The van der Waals surface area contributed by atoms with Crippen LogP contribution in [0.2, 0.25) is 0 Å². The summed E-state index contributed by atoms with van der Waals surface area (Å²) in [5, 5.41) is 8.38. The molecule has 0 bridgehead atoms. The molecule has 1 nitrogen and oxygen atoms in total. The van der Waals surface area contributed by atoms with Gasteiger partial charge in [-0.2, -0.15) is 5.26 Å². The molecule has 0 aliphatic carbocycles. The largest absolute Gasteiger partial charge is 0.198 e. The van der Waals surface area contributed by atoms with Gasteiger partial charge in [-0.15, -0.1) is 0 Å². The van der Waals surface area contributed by atoms with Crippen molar-refractivity contribution in [3.05, 3.63) is 42.3 Å². The molecule has 0 aliphatic heterocycles. The fraction of sp³-hybridized carbons (Fsp3) is 0.579. The summed E-state index contributed by atoms with van der Waals surface area (Å²) in [4.78, 5) is 0. The van der Waals surface area contributed by atoms with Gasteiger partial charge in [-0.1, -0.05) is 81.7 Å². The molecule has 1 aromatic carbocycles. The zero-order chi connectivity index (χ0) is 14.3. The Morgan fingerprint density at radius 2 is 1.30 bits per heavy atom. The molecule has 0 N–H and O–H groups in total. The molecule has 1 rings (SSSR count). The first-order valence-corrected chi connectivity index (χ1v) is 8.18. The molecule has 0 atom stereocenters. The Kier molecular flexibility index (Phi) is 10.7. The highest BCUT2D eigenvalue weighted by molar-refractivity contribution is 5.14. The minimum absolute atomic E-state index is 0.968. The van der Waals surface area contributed by atoms with Gasteiger partial charge < -0.3 is 0 Å². The van der Waals surface area contributed by atoms with Gasteiger partial charge >= 0.3 is 0 Å². The number of unbranched alkanes of at least 4 members (excludes halogenated alkanes) is 10. The molecule has 0 aromatic heterocycles. The van der Waals surface area contributed by atoms with Crippen LogP contribution in [0, 0.1) is 17.8 Å². The van der Waals surface area contributed by atoms with Gasteiger partial charge in [0, 0.05) is 0 Å². The molecule has 1 radical (unpaired) electrons. The smallest absolute Gasteiger partial charge is 0.0669 e. The number of hydrogen-bond donors (Lipinski definition) is 0. The summed E-state index contributed by atoms with van der Waals surface area (Å²) in [5.74, 6) is 0. The average molecular weight is 270 g/mol. The van der Waals surface area contributed by atoms with Crippen LogP contribution in [0.15, 0.2) is 30.3 Å². The quantitative estimate of drug-likeness (QED) is 0.436. The SMILES string of the molecule is N#C[CH]CCCCCCCCCCCc1ccccc1. The van der Waals surface area contributed by atoms with Crippen molar-refractivity contribution in [3.8, 4) is 6.07 Å². The van der Waals surface area contributed by atoms with E-state index in [0.29, 0.717) is 0 Å². The van der Waals surface area contributed by atoms with Gasteiger partial charge in [0.25, 0.3) is 0 Å². The zero-order valence-corrected chi connectivity index (χ0v) is 12.7. The Morgan fingerprint density at radius 1 is 0.750 bits per heavy atom. The Balaban J connectivity index is 1.78. The van der Waals surface area contributed by atoms with Crippen molar-refractivity contribution < 1.29 is 0 Å². The summed E-state index contributed by atoms with van der Waals surface area (Å²) in [5.41, 5.74) is 1.47. The number of nitriles is 1. The van der Waals surface area contributed by atoms with E-state index in [1.165, 1.54) is 69.8 Å². The fourth-order valence-corrected chi connectivity index (χ4v) is 2.52. The lowest BCUT2D eigenvalue weighted by Gasteiger charge is -2.03. The first kappa shape index (κ1) is 16.8. The number of nitrogens with zero attached hydrogens (tertiary/aromatic N) is 1. The second-order valence-corrected chi connectivity index (χ2v) is 5.54. The third kappa shape index (κ3) is 9.62. The summed E-state index contributed by atoms with van der Waals surface area (Å²) in [6, 6.07) is 12.9. The molecule has 0 unspecified atom stereocenters. The average Bonchev–Trinajstić information content (AvgIpc) is 2.49. The second kappa shape index (κ2) is 12.7. The highest BCUT2D eigenvalue weighted by atomic mass is 14.2. The van der Waals surface area contributed by atoms with Gasteiger partial charge in [-0.3, -0.25) is 0 Å². The van der Waals surface area contributed by atoms with Gasteiger partial charge in [0.2, 0.25) is 0 Å². The van der Waals surface area contributed by atoms with Gasteiger partial charge in [0.15, 0.2) is 0 Å². The highest BCUT2D eigenvalue weighted by Crippen LogP contribution is 2.12. The summed E-state index contributed by atoms with van der Waals surface area (Å²) >= 11 is 0. The summed E-state index contributed by atoms with van der Waals surface area (Å²) in [6.45, 7) is 0. The van der Waals surface area contributed by atoms with Crippen LogP contribution in [0.5, 0.6) is 0 Å². The van der Waals surface area contributed by atoms with Crippen LogP contribution >= 0.6 is 0 Å². The van der Waals surface area contributed by atoms with Gasteiger partial charge in [0.1, 0.15) is 0 Å². The maximum atomic E-state index is 8.38. The molecule has 109 valence electrons. The van der Waals surface area contributed by atoms with Crippen LogP contribution in [0.1, 0.15) is 69.8 Å². The molecular weight excluding hydrogens is 242 g/mol. The van der Waals surface area contributed by atoms with E-state index >= 15 is 0 Å². The second-order valence-electron chi connectivity index (χ2n) is 5.54. The van der Waals surface area contributed by atoms with Crippen molar-refractivity contribution >= 4 is 0 Å². The summed E-state index contributed by atoms with van der Waals surface area (Å²) in [7, 11) is 0. The van der Waals surface area contributed by atoms with Gasteiger partial charge in [-0.25, -0.2) is 0 Å². The molecular formula is C19H28N. The van der Waals surface area contributed by atoms with Crippen molar-refractivity contribution in [2.45, 2.75) is 70.6 Å². The van der Waals surface area contributed by atoms with Crippen molar-refractivity contribution in [2.24, 2.45) is 0 Å². The maximum Gasteiger partial charge on any atom is 0.0669 e. The van der Waals surface area contributed by atoms with E-state index in [9.17, 15) is 0 Å². The molecule has 1 aromatic rings. The molecule has 0 heterocycles. The Labute approximate surface area is 125 Å². The van der Waals surface area contributed by atoms with Crippen LogP contribution in [-0.4, -0.2) is 0 Å². The normalized spacial score (nSPS) is 10.3. The van der Waals surface area contributed by atoms with E-state index in [0.717, 1.165) is 6.42 Å². The first-order chi connectivity index (χ1) is 9.93. The molecule has 0 amide bonds. The van der Waals surface area contributed by atoms with Crippen LogP contribution in [0.25, 0.3) is 0 Å². The molecule has 0 aliphatic rings. The lowest BCUT2D eigenvalue weighted by Crippen LogP contribution is -1.86. The summed E-state index contributed by atoms with van der Waals surface area (Å²) in [6.07, 6.45) is 15.9. The van der Waals surface area contributed by atoms with Crippen LogP contribution in [0.3, 0.4) is 0 Å². The topological polar surface area (TPSA) is 23.8 Å². The summed E-state index contributed by atoms with van der Waals surface area (Å²) < 4.78 is 0. The third-order valence-corrected chi connectivity index (χ3v) is 3.75. The maximum absolute atomic E-state index is 8.38. The Bertz CT molecular complexity index is 350. The van der Waals surface area contributed by atoms with Crippen molar-refractivity contribution in [3.63, 3.8) is 0 Å². The fourth-order valence-electron chi connectivity index (χ4n) is 2.52. The van der Waals surface area contributed by atoms with Crippen LogP contribution in [0.4, 0.5) is 0 Å². The standard InChI is InChI=1S/C19H28N/c20-18-14-9-7-5-3-1-2-4-6-8-11-15-19-16-12-10-13-17-19/h10,12-14,16-17H,1-9,11,15H2. The predicted octanol–water partition coefficient (Wildman–Crippen LogP) is 5.86. The monoisotopic (exact) mass is 270 g/mol. The third-order valence-electron chi connectivity index (χ3n) is 3.75. The number of aryl methyl sites for hydroxylation is 1. The molecule has 20 heavy (non-hydrogen) atoms. The molecule has 0 spiro atoms.